The summed E-state index contributed by atoms with van der Waals surface area (Å²) in [6.07, 6.45) is 74.6. The maximum absolute atomic E-state index is 12.9. The summed E-state index contributed by atoms with van der Waals surface area (Å²) >= 11 is 0. The molecule has 0 aliphatic carbocycles. The number of esters is 3. The maximum Gasteiger partial charge on any atom is 0.306 e. The minimum absolute atomic E-state index is 0.0874. The highest BCUT2D eigenvalue weighted by Gasteiger charge is 2.19. The van der Waals surface area contributed by atoms with Crippen LogP contribution in [0.4, 0.5) is 0 Å². The van der Waals surface area contributed by atoms with Gasteiger partial charge < -0.3 is 14.2 Å². The second-order valence-corrected chi connectivity index (χ2v) is 19.9. The smallest absolute Gasteiger partial charge is 0.306 e. The van der Waals surface area contributed by atoms with E-state index in [0.717, 1.165) is 109 Å². The van der Waals surface area contributed by atoms with Crippen LogP contribution in [0.15, 0.2) is 72.9 Å². The third kappa shape index (κ3) is 55.8. The number of carbonyl (C=O) groups is 3. The van der Waals surface area contributed by atoms with Gasteiger partial charge in [0.25, 0.3) is 0 Å². The van der Waals surface area contributed by atoms with E-state index in [-0.39, 0.29) is 31.1 Å². The molecule has 0 N–H and O–H groups in total. The number of rotatable bonds is 54. The van der Waals surface area contributed by atoms with E-state index in [1.165, 1.54) is 148 Å². The summed E-state index contributed by atoms with van der Waals surface area (Å²) in [5.74, 6) is -0.910. The second-order valence-electron chi connectivity index (χ2n) is 19.9. The van der Waals surface area contributed by atoms with Gasteiger partial charge >= 0.3 is 17.9 Å². The molecule has 0 aromatic heterocycles. The van der Waals surface area contributed by atoms with E-state index < -0.39 is 6.10 Å². The molecule has 0 fully saturated rings. The summed E-state index contributed by atoms with van der Waals surface area (Å²) in [7, 11) is 0. The molecule has 0 bridgehead atoms. The van der Waals surface area contributed by atoms with E-state index in [1.807, 2.05) is 0 Å². The molecule has 6 heteroatoms. The van der Waals surface area contributed by atoms with Gasteiger partial charge in [-0.25, -0.2) is 0 Å². The van der Waals surface area contributed by atoms with E-state index >= 15 is 0 Å². The first-order valence-corrected chi connectivity index (χ1v) is 29.9. The number of hydrogen-bond acceptors (Lipinski definition) is 6. The highest BCUT2D eigenvalue weighted by Crippen LogP contribution is 2.15. The first-order chi connectivity index (χ1) is 34.5. The first kappa shape index (κ1) is 66.9. The molecule has 0 rings (SSSR count). The Morgan fingerprint density at radius 1 is 0.286 bits per heavy atom. The fourth-order valence-electron chi connectivity index (χ4n) is 8.36. The third-order valence-electron chi connectivity index (χ3n) is 12.9. The van der Waals surface area contributed by atoms with Crippen molar-refractivity contribution in [2.45, 2.75) is 303 Å². The molecule has 1 atom stereocenters. The molecule has 0 heterocycles. The molecule has 0 aliphatic heterocycles. The molecule has 0 saturated carbocycles. The van der Waals surface area contributed by atoms with Crippen LogP contribution in [0.2, 0.25) is 0 Å². The van der Waals surface area contributed by atoms with Gasteiger partial charge in [-0.2, -0.15) is 0 Å². The average molecular weight is 978 g/mol. The Kier molecular flexibility index (Phi) is 55.8. The summed E-state index contributed by atoms with van der Waals surface area (Å²) in [6, 6.07) is 0. The number of carbonyl (C=O) groups excluding carboxylic acids is 3. The normalized spacial score (nSPS) is 12.6. The molecule has 6 nitrogen and oxygen atoms in total. The maximum atomic E-state index is 12.9. The van der Waals surface area contributed by atoms with Crippen LogP contribution in [0.3, 0.4) is 0 Å². The first-order valence-electron chi connectivity index (χ1n) is 29.9. The minimum Gasteiger partial charge on any atom is -0.462 e. The Labute approximate surface area is 433 Å². The highest BCUT2D eigenvalue weighted by atomic mass is 16.6. The van der Waals surface area contributed by atoms with Gasteiger partial charge in [-0.15, -0.1) is 0 Å². The summed E-state index contributed by atoms with van der Waals surface area (Å²) in [5.41, 5.74) is 0. The Bertz CT molecular complexity index is 1310. The van der Waals surface area contributed by atoms with Crippen LogP contribution in [0, 0.1) is 0 Å². The van der Waals surface area contributed by atoms with Crippen molar-refractivity contribution in [2.75, 3.05) is 13.2 Å². The predicted octanol–water partition coefficient (Wildman–Crippen LogP) is 20.2. The zero-order valence-corrected chi connectivity index (χ0v) is 46.3. The van der Waals surface area contributed by atoms with E-state index in [0.29, 0.717) is 19.3 Å². The highest BCUT2D eigenvalue weighted by molar-refractivity contribution is 5.71. The van der Waals surface area contributed by atoms with E-state index in [1.54, 1.807) is 0 Å². The van der Waals surface area contributed by atoms with Gasteiger partial charge in [0.1, 0.15) is 13.2 Å². The topological polar surface area (TPSA) is 78.9 Å². The zero-order valence-electron chi connectivity index (χ0n) is 46.3. The van der Waals surface area contributed by atoms with Crippen LogP contribution in [-0.2, 0) is 28.6 Å². The third-order valence-corrected chi connectivity index (χ3v) is 12.9. The molecular formula is C64H112O6. The fourth-order valence-corrected chi connectivity index (χ4v) is 8.36. The molecule has 0 aromatic rings. The van der Waals surface area contributed by atoms with Crippen LogP contribution >= 0.6 is 0 Å². The molecule has 0 aromatic carbocycles. The van der Waals surface area contributed by atoms with E-state index in [4.69, 9.17) is 14.2 Å². The van der Waals surface area contributed by atoms with Gasteiger partial charge in [0.15, 0.2) is 6.10 Å². The van der Waals surface area contributed by atoms with Crippen molar-refractivity contribution in [3.05, 3.63) is 72.9 Å². The molecule has 0 radical (unpaired) electrons. The quantitative estimate of drug-likeness (QED) is 0.0261. The van der Waals surface area contributed by atoms with Crippen LogP contribution in [0.5, 0.6) is 0 Å². The van der Waals surface area contributed by atoms with Crippen molar-refractivity contribution < 1.29 is 28.6 Å². The van der Waals surface area contributed by atoms with Gasteiger partial charge in [0, 0.05) is 19.3 Å². The SMILES string of the molecule is CCCCC/C=C\C/C=C\CCCCCCCC(=O)OCC(COC(=O)CCCCCCCCCCC/C=C\C/C=C\CCCCCCC)OC(=O)CCCCCCC/C=C\C/C=C\CCCCCC. The predicted molar refractivity (Wildman–Crippen MR) is 302 cm³/mol. The van der Waals surface area contributed by atoms with Crippen LogP contribution in [0.25, 0.3) is 0 Å². The average Bonchev–Trinajstić information content (AvgIpc) is 3.36. The van der Waals surface area contributed by atoms with Crippen molar-refractivity contribution >= 4 is 17.9 Å². The lowest BCUT2D eigenvalue weighted by Crippen LogP contribution is -2.30. The number of allylic oxidation sites excluding steroid dienone is 12. The van der Waals surface area contributed by atoms with Crippen LogP contribution in [-0.4, -0.2) is 37.2 Å². The Morgan fingerprint density at radius 2 is 0.514 bits per heavy atom. The molecular weight excluding hydrogens is 865 g/mol. The van der Waals surface area contributed by atoms with Gasteiger partial charge in [-0.3, -0.25) is 14.4 Å². The molecule has 404 valence electrons. The van der Waals surface area contributed by atoms with Gasteiger partial charge in [0.2, 0.25) is 0 Å². The van der Waals surface area contributed by atoms with Crippen molar-refractivity contribution in [1.82, 2.24) is 0 Å². The largest absolute Gasteiger partial charge is 0.462 e. The van der Waals surface area contributed by atoms with E-state index in [2.05, 4.69) is 93.7 Å². The summed E-state index contributed by atoms with van der Waals surface area (Å²) in [4.78, 5) is 38.2. The molecule has 70 heavy (non-hydrogen) atoms. The van der Waals surface area contributed by atoms with Gasteiger partial charge in [-0.1, -0.05) is 235 Å². The fraction of sp³-hybridized carbons (Fsp3) is 0.766. The lowest BCUT2D eigenvalue weighted by molar-refractivity contribution is -0.167. The summed E-state index contributed by atoms with van der Waals surface area (Å²) in [6.45, 7) is 6.58. The van der Waals surface area contributed by atoms with Gasteiger partial charge in [-0.05, 0) is 116 Å². The Balaban J connectivity index is 4.39. The van der Waals surface area contributed by atoms with Gasteiger partial charge in [0.05, 0.1) is 0 Å². The van der Waals surface area contributed by atoms with Crippen molar-refractivity contribution in [1.29, 1.82) is 0 Å². The summed E-state index contributed by atoms with van der Waals surface area (Å²) < 4.78 is 16.9. The number of unbranched alkanes of at least 4 members (excludes halogenated alkanes) is 31. The van der Waals surface area contributed by atoms with E-state index in [9.17, 15) is 14.4 Å². The van der Waals surface area contributed by atoms with Crippen LogP contribution < -0.4 is 0 Å². The lowest BCUT2D eigenvalue weighted by atomic mass is 10.1. The second kappa shape index (κ2) is 58.4. The van der Waals surface area contributed by atoms with Crippen molar-refractivity contribution in [3.63, 3.8) is 0 Å². The molecule has 1 unspecified atom stereocenters. The summed E-state index contributed by atoms with van der Waals surface area (Å²) in [5, 5.41) is 0. The Morgan fingerprint density at radius 3 is 0.829 bits per heavy atom. The number of ether oxygens (including phenoxy) is 3. The monoisotopic (exact) mass is 977 g/mol. The van der Waals surface area contributed by atoms with Crippen LogP contribution in [0.1, 0.15) is 297 Å². The molecule has 0 saturated heterocycles. The standard InChI is InChI=1S/C64H112O6/c1-4-7-10-13-16-19-22-25-28-30-31-32-33-34-37-39-42-45-48-51-54-57-63(66)69-60-61(59-68-62(65)56-53-50-47-44-41-38-35-27-24-21-18-15-12-9-6-3)70-64(67)58-55-52-49-46-43-40-36-29-26-23-20-17-14-11-8-5-2/h18,20-23,25,27,29-31,35-36,61H,4-17,19,24,26,28,32-34,37-60H2,1-3H3/b21-18-,23-20-,25-22-,31-30-,35-27-,36-29-. The number of hydrogen-bond donors (Lipinski definition) is 0. The zero-order chi connectivity index (χ0) is 50.7. The lowest BCUT2D eigenvalue weighted by Gasteiger charge is -2.18. The van der Waals surface area contributed by atoms with Crippen molar-refractivity contribution in [3.8, 4) is 0 Å². The van der Waals surface area contributed by atoms with Crippen molar-refractivity contribution in [2.24, 2.45) is 0 Å². The molecule has 0 aliphatic rings. The minimum atomic E-state index is -0.791. The molecule has 0 spiro atoms. The molecule has 0 amide bonds. The Hall–Kier alpha value is -3.15.